The molecule has 1 heterocycles. The van der Waals surface area contributed by atoms with Crippen LogP contribution in [0.2, 0.25) is 0 Å². The van der Waals surface area contributed by atoms with Crippen molar-refractivity contribution in [3.63, 3.8) is 0 Å². The van der Waals surface area contributed by atoms with E-state index in [0.29, 0.717) is 13.0 Å². The fourth-order valence-electron chi connectivity index (χ4n) is 1.49. The maximum absolute atomic E-state index is 8.32. The molecule has 3 nitrogen and oxygen atoms in total. The van der Waals surface area contributed by atoms with Crippen molar-refractivity contribution in [1.82, 2.24) is 0 Å². The van der Waals surface area contributed by atoms with Crippen LogP contribution in [0.4, 0.5) is 0 Å². The fraction of sp³-hybridized carbons (Fsp3) is 0.750. The third kappa shape index (κ3) is 6.27. The van der Waals surface area contributed by atoms with Gasteiger partial charge in [0.1, 0.15) is 0 Å². The number of rotatable bonds is 6. The Morgan fingerprint density at radius 3 is 3.07 bits per heavy atom. The molecule has 0 aromatic heterocycles. The largest absolute Gasteiger partial charge is 0.353 e. The van der Waals surface area contributed by atoms with Crippen molar-refractivity contribution in [1.29, 1.82) is 5.26 Å². The first kappa shape index (κ1) is 12.2. The van der Waals surface area contributed by atoms with Crippen molar-refractivity contribution in [3.8, 4) is 6.07 Å². The van der Waals surface area contributed by atoms with Gasteiger partial charge in [-0.05, 0) is 32.1 Å². The van der Waals surface area contributed by atoms with Crippen molar-refractivity contribution in [3.05, 3.63) is 12.2 Å². The third-order valence-electron chi connectivity index (χ3n) is 2.34. The molecule has 0 saturated carbocycles. The quantitative estimate of drug-likeness (QED) is 0.499. The number of ether oxygens (including phenoxy) is 2. The lowest BCUT2D eigenvalue weighted by molar-refractivity contribution is -0.155. The average Bonchev–Trinajstić information content (AvgIpc) is 2.29. The molecule has 1 aliphatic heterocycles. The molecule has 0 amide bonds. The summed E-state index contributed by atoms with van der Waals surface area (Å²) in [6.45, 7) is 1.45. The molecule has 0 unspecified atom stereocenters. The van der Waals surface area contributed by atoms with E-state index in [9.17, 15) is 0 Å². The zero-order valence-corrected chi connectivity index (χ0v) is 9.15. The number of unbranched alkanes of at least 4 members (excludes halogenated alkanes) is 2. The van der Waals surface area contributed by atoms with E-state index in [0.717, 1.165) is 32.3 Å². The molecule has 15 heavy (non-hydrogen) atoms. The minimum Gasteiger partial charge on any atom is -0.353 e. The van der Waals surface area contributed by atoms with Gasteiger partial charge in [-0.2, -0.15) is 5.26 Å². The second-order valence-electron chi connectivity index (χ2n) is 3.65. The van der Waals surface area contributed by atoms with E-state index >= 15 is 0 Å². The van der Waals surface area contributed by atoms with Crippen molar-refractivity contribution >= 4 is 0 Å². The molecule has 3 heteroatoms. The summed E-state index contributed by atoms with van der Waals surface area (Å²) in [6.07, 6.45) is 9.99. The molecule has 1 atom stereocenters. The summed E-state index contributed by atoms with van der Waals surface area (Å²) in [5.74, 6) is 0. The molecule has 0 N–H and O–H groups in total. The van der Waals surface area contributed by atoms with E-state index < -0.39 is 0 Å². The Morgan fingerprint density at radius 1 is 1.40 bits per heavy atom. The van der Waals surface area contributed by atoms with Gasteiger partial charge in [0.05, 0.1) is 12.7 Å². The van der Waals surface area contributed by atoms with Crippen LogP contribution in [-0.4, -0.2) is 19.5 Å². The topological polar surface area (TPSA) is 42.2 Å². The predicted octanol–water partition coefficient (Wildman–Crippen LogP) is 2.78. The van der Waals surface area contributed by atoms with Gasteiger partial charge >= 0.3 is 0 Å². The molecule has 1 rings (SSSR count). The molecule has 1 aliphatic rings. The highest BCUT2D eigenvalue weighted by Gasteiger charge is 2.12. The van der Waals surface area contributed by atoms with Gasteiger partial charge in [0.15, 0.2) is 6.29 Å². The monoisotopic (exact) mass is 209 g/mol. The zero-order chi connectivity index (χ0) is 10.8. The molecular formula is C12H19NO2. The Labute approximate surface area is 91.7 Å². The van der Waals surface area contributed by atoms with Crippen molar-refractivity contribution in [2.24, 2.45) is 0 Å². The lowest BCUT2D eigenvalue weighted by atomic mass is 10.2. The predicted molar refractivity (Wildman–Crippen MR) is 58.1 cm³/mol. The Morgan fingerprint density at radius 2 is 2.33 bits per heavy atom. The van der Waals surface area contributed by atoms with Gasteiger partial charge in [-0.1, -0.05) is 12.2 Å². The summed E-state index contributed by atoms with van der Waals surface area (Å²) in [5, 5.41) is 8.32. The van der Waals surface area contributed by atoms with Gasteiger partial charge in [0, 0.05) is 13.0 Å². The molecule has 1 saturated heterocycles. The smallest absolute Gasteiger partial charge is 0.157 e. The number of hydrogen-bond acceptors (Lipinski definition) is 3. The molecule has 0 aliphatic carbocycles. The molecule has 84 valence electrons. The maximum Gasteiger partial charge on any atom is 0.157 e. The number of nitrogens with zero attached hydrogens (tertiary/aromatic N) is 1. The number of nitriles is 1. The third-order valence-corrected chi connectivity index (χ3v) is 2.34. The Bertz CT molecular complexity index is 214. The standard InChI is InChI=1S/C12H19NO2/c13-9-5-2-1-3-6-10-14-12-8-4-7-11-15-12/h3,6,12H,1-2,4-5,7-8,10-11H2/b6-3-/t12-/m0/s1. The first-order chi connectivity index (χ1) is 7.43. The Kier molecular flexibility index (Phi) is 6.89. The van der Waals surface area contributed by atoms with Crippen LogP contribution in [0, 0.1) is 11.3 Å². The highest BCUT2D eigenvalue weighted by molar-refractivity contribution is 4.83. The summed E-state index contributed by atoms with van der Waals surface area (Å²) < 4.78 is 10.9. The van der Waals surface area contributed by atoms with Gasteiger partial charge in [0.2, 0.25) is 0 Å². The van der Waals surface area contributed by atoms with Crippen molar-refractivity contribution in [2.45, 2.75) is 44.8 Å². The molecular weight excluding hydrogens is 190 g/mol. The Hall–Kier alpha value is -0.850. The SMILES string of the molecule is N#CCCC/C=C\CO[C@@H]1CCCCO1. The molecule has 0 spiro atoms. The molecule has 0 radical (unpaired) electrons. The van der Waals surface area contributed by atoms with Crippen LogP contribution in [0.1, 0.15) is 38.5 Å². The van der Waals surface area contributed by atoms with Crippen LogP contribution in [0.5, 0.6) is 0 Å². The zero-order valence-electron chi connectivity index (χ0n) is 9.15. The van der Waals surface area contributed by atoms with E-state index in [1.807, 2.05) is 6.08 Å². The lowest BCUT2D eigenvalue weighted by Crippen LogP contribution is -2.22. The van der Waals surface area contributed by atoms with E-state index in [1.165, 1.54) is 6.42 Å². The van der Waals surface area contributed by atoms with Gasteiger partial charge in [-0.3, -0.25) is 0 Å². The van der Waals surface area contributed by atoms with Crippen molar-refractivity contribution < 1.29 is 9.47 Å². The minimum absolute atomic E-state index is 0.00232. The van der Waals surface area contributed by atoms with Crippen LogP contribution in [0.25, 0.3) is 0 Å². The highest BCUT2D eigenvalue weighted by Crippen LogP contribution is 2.13. The summed E-state index contributed by atoms with van der Waals surface area (Å²) in [5.41, 5.74) is 0. The van der Waals surface area contributed by atoms with Gasteiger partial charge in [-0.25, -0.2) is 0 Å². The maximum atomic E-state index is 8.32. The lowest BCUT2D eigenvalue weighted by Gasteiger charge is -2.21. The van der Waals surface area contributed by atoms with E-state index in [4.69, 9.17) is 14.7 Å². The molecule has 0 aromatic rings. The first-order valence-corrected chi connectivity index (χ1v) is 5.68. The van der Waals surface area contributed by atoms with Crippen LogP contribution in [0.3, 0.4) is 0 Å². The van der Waals surface area contributed by atoms with E-state index in [1.54, 1.807) is 0 Å². The van der Waals surface area contributed by atoms with Gasteiger partial charge < -0.3 is 9.47 Å². The normalized spacial score (nSPS) is 21.7. The molecule has 0 bridgehead atoms. The summed E-state index contributed by atoms with van der Waals surface area (Å²) >= 11 is 0. The second kappa shape index (κ2) is 8.46. The van der Waals surface area contributed by atoms with Crippen LogP contribution >= 0.6 is 0 Å². The van der Waals surface area contributed by atoms with Crippen LogP contribution in [0.15, 0.2) is 12.2 Å². The Balaban J connectivity index is 1.93. The molecule has 1 fully saturated rings. The van der Waals surface area contributed by atoms with Crippen LogP contribution < -0.4 is 0 Å². The average molecular weight is 209 g/mol. The second-order valence-corrected chi connectivity index (χ2v) is 3.65. The fourth-order valence-corrected chi connectivity index (χ4v) is 1.49. The highest BCUT2D eigenvalue weighted by atomic mass is 16.7. The van der Waals surface area contributed by atoms with E-state index in [2.05, 4.69) is 12.1 Å². The summed E-state index contributed by atoms with van der Waals surface area (Å²) in [6, 6.07) is 2.13. The number of allylic oxidation sites excluding steroid dienone is 1. The van der Waals surface area contributed by atoms with Gasteiger partial charge in [-0.15, -0.1) is 0 Å². The summed E-state index contributed by atoms with van der Waals surface area (Å²) in [4.78, 5) is 0. The summed E-state index contributed by atoms with van der Waals surface area (Å²) in [7, 11) is 0. The number of hydrogen-bond donors (Lipinski definition) is 0. The first-order valence-electron chi connectivity index (χ1n) is 5.68. The molecule has 0 aromatic carbocycles. The van der Waals surface area contributed by atoms with Crippen molar-refractivity contribution in [2.75, 3.05) is 13.2 Å². The van der Waals surface area contributed by atoms with Gasteiger partial charge in [0.25, 0.3) is 0 Å². The van der Waals surface area contributed by atoms with Crippen LogP contribution in [-0.2, 0) is 9.47 Å². The van der Waals surface area contributed by atoms with E-state index in [-0.39, 0.29) is 6.29 Å². The minimum atomic E-state index is 0.00232.